The number of halogens is 1. The lowest BCUT2D eigenvalue weighted by Gasteiger charge is -2.27. The number of aliphatic hydroxyl groups is 1. The van der Waals surface area contributed by atoms with Gasteiger partial charge in [-0.2, -0.15) is 0 Å². The molecule has 0 radical (unpaired) electrons. The molecular formula is C10H12IN5O4. The van der Waals surface area contributed by atoms with E-state index in [9.17, 15) is 14.7 Å². The topological polar surface area (TPSA) is 133 Å². The zero-order valence-electron chi connectivity index (χ0n) is 10.4. The third-order valence-electron chi connectivity index (χ3n) is 3.27. The van der Waals surface area contributed by atoms with Crippen LogP contribution in [0, 0.1) is 0 Å². The van der Waals surface area contributed by atoms with E-state index in [0.29, 0.717) is 4.43 Å². The largest absolute Gasteiger partial charge is 0.389 e. The molecule has 0 spiro atoms. The average molecular weight is 393 g/mol. The molecular weight excluding hydrogens is 381 g/mol. The zero-order chi connectivity index (χ0) is 14.9. The lowest BCUT2D eigenvalue weighted by atomic mass is 9.93. The third kappa shape index (κ3) is 2.35. The van der Waals surface area contributed by atoms with Gasteiger partial charge >= 0.3 is 5.69 Å². The number of aliphatic hydroxyl groups excluding tert-OH is 1. The van der Waals surface area contributed by atoms with Crippen LogP contribution >= 0.6 is 22.6 Å². The molecule has 20 heavy (non-hydrogen) atoms. The van der Waals surface area contributed by atoms with E-state index in [-0.39, 0.29) is 0 Å². The number of hydrogen-bond acceptors (Lipinski definition) is 5. The predicted molar refractivity (Wildman–Crippen MR) is 77.7 cm³/mol. The Morgan fingerprint density at radius 2 is 2.40 bits per heavy atom. The van der Waals surface area contributed by atoms with Gasteiger partial charge in [-0.05, 0) is 12.5 Å². The summed E-state index contributed by atoms with van der Waals surface area (Å²) < 4.78 is 7.18. The Kier molecular flexibility index (Phi) is 4.18. The van der Waals surface area contributed by atoms with Crippen molar-refractivity contribution in [1.29, 1.82) is 0 Å². The normalized spacial score (nSPS) is 32.9. The predicted octanol–water partition coefficient (Wildman–Crippen LogP) is 0.299. The zero-order valence-corrected chi connectivity index (χ0v) is 12.6. The van der Waals surface area contributed by atoms with Crippen LogP contribution in [0.1, 0.15) is 13.2 Å². The van der Waals surface area contributed by atoms with Gasteiger partial charge in [0.15, 0.2) is 6.23 Å². The summed E-state index contributed by atoms with van der Waals surface area (Å²) in [5.74, 6) is 0. The van der Waals surface area contributed by atoms with Crippen LogP contribution in [0.4, 0.5) is 0 Å². The van der Waals surface area contributed by atoms with E-state index in [1.165, 1.54) is 13.1 Å². The molecule has 1 fully saturated rings. The molecule has 2 heterocycles. The molecule has 0 aromatic carbocycles. The monoisotopic (exact) mass is 393 g/mol. The molecule has 1 aromatic rings. The average Bonchev–Trinajstić information content (AvgIpc) is 2.63. The first-order valence-corrected chi connectivity index (χ1v) is 7.24. The summed E-state index contributed by atoms with van der Waals surface area (Å²) in [5.41, 5.74) is 6.12. The van der Waals surface area contributed by atoms with Crippen LogP contribution in [0.5, 0.6) is 0 Å². The van der Waals surface area contributed by atoms with Gasteiger partial charge in [-0.1, -0.05) is 27.7 Å². The molecule has 0 aliphatic carbocycles. The van der Waals surface area contributed by atoms with Crippen molar-refractivity contribution in [2.45, 2.75) is 30.9 Å². The molecule has 9 nitrogen and oxygen atoms in total. The van der Waals surface area contributed by atoms with Gasteiger partial charge < -0.3 is 9.84 Å². The number of nitrogens with one attached hydrogen (secondary N) is 1. The minimum absolute atomic E-state index is 0.462. The van der Waals surface area contributed by atoms with Crippen molar-refractivity contribution in [3.05, 3.63) is 43.5 Å². The fourth-order valence-electron chi connectivity index (χ4n) is 2.18. The first kappa shape index (κ1) is 15.0. The fraction of sp³-hybridized carbons (Fsp3) is 0.600. The van der Waals surface area contributed by atoms with E-state index in [1.54, 1.807) is 0 Å². The number of aromatic nitrogens is 2. The van der Waals surface area contributed by atoms with E-state index < -0.39 is 35.2 Å². The minimum Gasteiger partial charge on any atom is -0.389 e. The van der Waals surface area contributed by atoms with Crippen molar-refractivity contribution in [3.8, 4) is 0 Å². The molecule has 4 atom stereocenters. The van der Waals surface area contributed by atoms with Crippen molar-refractivity contribution >= 4 is 22.6 Å². The van der Waals surface area contributed by atoms with Gasteiger partial charge in [0.25, 0.3) is 5.56 Å². The molecule has 1 aliphatic heterocycles. The van der Waals surface area contributed by atoms with E-state index in [0.717, 1.165) is 10.6 Å². The van der Waals surface area contributed by atoms with E-state index in [4.69, 9.17) is 10.3 Å². The van der Waals surface area contributed by atoms with Crippen LogP contribution in [-0.4, -0.2) is 36.8 Å². The second-order valence-electron chi connectivity index (χ2n) is 4.56. The highest BCUT2D eigenvalue weighted by Gasteiger charge is 2.53. The summed E-state index contributed by atoms with van der Waals surface area (Å²) in [5, 5.41) is 13.8. The van der Waals surface area contributed by atoms with Gasteiger partial charge in [0.1, 0.15) is 5.54 Å². The molecule has 1 aromatic heterocycles. The maximum Gasteiger partial charge on any atom is 0.330 e. The quantitative estimate of drug-likeness (QED) is 0.251. The smallest absolute Gasteiger partial charge is 0.330 e. The van der Waals surface area contributed by atoms with Crippen LogP contribution in [0.15, 0.2) is 27.0 Å². The van der Waals surface area contributed by atoms with Crippen molar-refractivity contribution < 1.29 is 9.84 Å². The molecule has 10 heteroatoms. The maximum atomic E-state index is 11.8. The molecule has 0 saturated carbocycles. The Labute approximate surface area is 126 Å². The summed E-state index contributed by atoms with van der Waals surface area (Å²) >= 11 is 2.03. The third-order valence-corrected chi connectivity index (χ3v) is 4.14. The molecule has 2 rings (SSSR count). The van der Waals surface area contributed by atoms with E-state index >= 15 is 0 Å². The Morgan fingerprint density at radius 3 is 2.95 bits per heavy atom. The Morgan fingerprint density at radius 1 is 1.70 bits per heavy atom. The number of hydrogen-bond donors (Lipinski definition) is 2. The summed E-state index contributed by atoms with van der Waals surface area (Å²) in [4.78, 5) is 27.7. The van der Waals surface area contributed by atoms with Crippen LogP contribution < -0.4 is 11.2 Å². The first-order chi connectivity index (χ1) is 9.43. The van der Waals surface area contributed by atoms with Crippen LogP contribution in [0.3, 0.4) is 0 Å². The van der Waals surface area contributed by atoms with Crippen LogP contribution in [0.2, 0.25) is 0 Å². The number of ether oxygens (including phenoxy) is 1. The molecule has 0 bridgehead atoms. The number of azide groups is 1. The number of H-pyrrole nitrogens is 1. The summed E-state index contributed by atoms with van der Waals surface area (Å²) in [6, 6.07) is 1.16. The van der Waals surface area contributed by atoms with E-state index in [1.807, 2.05) is 22.6 Å². The Hall–Kier alpha value is -1.36. The van der Waals surface area contributed by atoms with Gasteiger partial charge in [-0.25, -0.2) is 4.79 Å². The molecule has 1 saturated heterocycles. The van der Waals surface area contributed by atoms with E-state index in [2.05, 4.69) is 15.0 Å². The number of alkyl halides is 1. The SMILES string of the molecule is C[C@@]1(N=[N+]=[N-])[C@H](O)[C@@H](CI)O[C@H]1n1ccc(=O)[nH]c1=O. The second-order valence-corrected chi connectivity index (χ2v) is 5.44. The molecule has 1 aliphatic rings. The lowest BCUT2D eigenvalue weighted by Crippen LogP contribution is -2.45. The van der Waals surface area contributed by atoms with Gasteiger partial charge in [0.2, 0.25) is 0 Å². The molecule has 0 unspecified atom stereocenters. The number of aromatic amines is 1. The molecule has 108 valence electrons. The second kappa shape index (κ2) is 5.56. The first-order valence-electron chi connectivity index (χ1n) is 5.71. The van der Waals surface area contributed by atoms with Crippen LogP contribution in [0.25, 0.3) is 10.4 Å². The lowest BCUT2D eigenvalue weighted by molar-refractivity contribution is -0.0136. The number of rotatable bonds is 3. The Balaban J connectivity index is 2.56. The van der Waals surface area contributed by atoms with Gasteiger partial charge in [0, 0.05) is 21.6 Å². The van der Waals surface area contributed by atoms with Gasteiger partial charge in [-0.15, -0.1) is 0 Å². The van der Waals surface area contributed by atoms with Crippen molar-refractivity contribution in [1.82, 2.24) is 9.55 Å². The van der Waals surface area contributed by atoms with Crippen molar-refractivity contribution in [3.63, 3.8) is 0 Å². The highest BCUT2D eigenvalue weighted by molar-refractivity contribution is 14.1. The van der Waals surface area contributed by atoms with Gasteiger partial charge in [0.05, 0.1) is 12.2 Å². The van der Waals surface area contributed by atoms with Crippen LogP contribution in [-0.2, 0) is 4.74 Å². The molecule has 2 N–H and O–H groups in total. The Bertz CT molecular complexity index is 666. The summed E-state index contributed by atoms with van der Waals surface area (Å²) in [6.07, 6.45) is -1.37. The highest BCUT2D eigenvalue weighted by Crippen LogP contribution is 2.41. The summed E-state index contributed by atoms with van der Waals surface area (Å²) in [7, 11) is 0. The fourth-order valence-corrected chi connectivity index (χ4v) is 2.87. The summed E-state index contributed by atoms with van der Waals surface area (Å²) in [6.45, 7) is 1.51. The number of nitrogens with zero attached hydrogens (tertiary/aromatic N) is 4. The minimum atomic E-state index is -1.34. The maximum absolute atomic E-state index is 11.8. The standard InChI is InChI=1S/C10H12IN5O4/c1-10(14-15-12)7(18)5(4-11)20-8(10)16-3-2-6(17)13-9(16)19/h2-3,5,7-8,18H,4H2,1H3,(H,13,17,19)/t5-,7-,8-,10-/m1/s1. The molecule has 0 amide bonds. The van der Waals surface area contributed by atoms with Gasteiger partial charge in [-0.3, -0.25) is 14.3 Å². The highest BCUT2D eigenvalue weighted by atomic mass is 127. The van der Waals surface area contributed by atoms with Crippen molar-refractivity contribution in [2.75, 3.05) is 4.43 Å². The van der Waals surface area contributed by atoms with Crippen molar-refractivity contribution in [2.24, 2.45) is 5.11 Å².